The first-order valence-corrected chi connectivity index (χ1v) is 6.78. The van der Waals surface area contributed by atoms with Crippen molar-refractivity contribution in [2.75, 3.05) is 18.0 Å². The van der Waals surface area contributed by atoms with E-state index in [-0.39, 0.29) is 0 Å². The molecule has 1 aromatic heterocycles. The van der Waals surface area contributed by atoms with Gasteiger partial charge in [-0.05, 0) is 30.6 Å². The Morgan fingerprint density at radius 3 is 2.94 bits per heavy atom. The topological polar surface area (TPSA) is 42.1 Å². The van der Waals surface area contributed by atoms with E-state index in [4.69, 9.17) is 18.0 Å². The van der Waals surface area contributed by atoms with Gasteiger partial charge in [-0.1, -0.05) is 24.4 Å². The summed E-state index contributed by atoms with van der Waals surface area (Å²) in [6, 6.07) is 8.20. The summed E-state index contributed by atoms with van der Waals surface area (Å²) in [5.74, 6) is 0. The Bertz CT molecular complexity index is 521. The van der Waals surface area contributed by atoms with E-state index >= 15 is 0 Å². The second-order valence-corrected chi connectivity index (χ2v) is 5.08. The molecule has 0 aliphatic carbocycles. The molecule has 0 radical (unpaired) electrons. The molecule has 0 aliphatic heterocycles. The van der Waals surface area contributed by atoms with Gasteiger partial charge in [-0.15, -0.1) is 0 Å². The van der Waals surface area contributed by atoms with Crippen LogP contribution >= 0.6 is 23.8 Å². The number of aromatic nitrogens is 1. The normalized spacial score (nSPS) is 10.6. The van der Waals surface area contributed by atoms with Crippen LogP contribution in [-0.4, -0.2) is 22.5 Å². The SMILES string of the molecule is CCN(CCC(N)=S)c1snc2ccccc12. The predicted octanol–water partition coefficient (Wildman–Crippen LogP) is 2.80. The van der Waals surface area contributed by atoms with Gasteiger partial charge in [0.25, 0.3) is 0 Å². The van der Waals surface area contributed by atoms with Crippen molar-refractivity contribution in [1.82, 2.24) is 4.37 Å². The molecule has 90 valence electrons. The Morgan fingerprint density at radius 2 is 2.24 bits per heavy atom. The molecule has 2 aromatic rings. The van der Waals surface area contributed by atoms with Crippen LogP contribution in [0.25, 0.3) is 10.9 Å². The maximum absolute atomic E-state index is 5.55. The van der Waals surface area contributed by atoms with Gasteiger partial charge in [-0.25, -0.2) is 0 Å². The molecule has 0 saturated heterocycles. The van der Waals surface area contributed by atoms with Crippen molar-refractivity contribution in [2.45, 2.75) is 13.3 Å². The Hall–Kier alpha value is -1.20. The Balaban J connectivity index is 2.27. The molecule has 0 fully saturated rings. The first-order valence-electron chi connectivity index (χ1n) is 5.60. The van der Waals surface area contributed by atoms with Crippen molar-refractivity contribution >= 4 is 44.6 Å². The first kappa shape index (κ1) is 12.3. The molecule has 0 saturated carbocycles. The zero-order valence-corrected chi connectivity index (χ0v) is 11.4. The smallest absolute Gasteiger partial charge is 0.119 e. The zero-order chi connectivity index (χ0) is 12.3. The summed E-state index contributed by atoms with van der Waals surface area (Å²) < 4.78 is 4.45. The third kappa shape index (κ3) is 2.73. The van der Waals surface area contributed by atoms with Crippen molar-refractivity contribution < 1.29 is 0 Å². The molecular weight excluding hydrogens is 250 g/mol. The van der Waals surface area contributed by atoms with Crippen LogP contribution in [0.3, 0.4) is 0 Å². The van der Waals surface area contributed by atoms with E-state index in [9.17, 15) is 0 Å². The first-order chi connectivity index (χ1) is 8.22. The molecule has 0 bridgehead atoms. The second-order valence-electron chi connectivity index (χ2n) is 3.80. The van der Waals surface area contributed by atoms with E-state index in [1.165, 1.54) is 21.9 Å². The third-order valence-electron chi connectivity index (χ3n) is 2.66. The average molecular weight is 265 g/mol. The number of hydrogen-bond donors (Lipinski definition) is 1. The Labute approximate surface area is 110 Å². The molecule has 3 nitrogen and oxygen atoms in total. The van der Waals surface area contributed by atoms with Gasteiger partial charge in [0, 0.05) is 24.9 Å². The molecule has 2 rings (SSSR count). The van der Waals surface area contributed by atoms with Crippen molar-refractivity contribution in [3.63, 3.8) is 0 Å². The predicted molar refractivity (Wildman–Crippen MR) is 78.9 cm³/mol. The fourth-order valence-electron chi connectivity index (χ4n) is 1.75. The van der Waals surface area contributed by atoms with Gasteiger partial charge in [0.1, 0.15) is 5.00 Å². The highest BCUT2D eigenvalue weighted by Gasteiger charge is 2.11. The number of nitrogens with zero attached hydrogens (tertiary/aromatic N) is 2. The molecule has 2 N–H and O–H groups in total. The van der Waals surface area contributed by atoms with Crippen molar-refractivity contribution in [2.24, 2.45) is 5.73 Å². The molecule has 1 heterocycles. The summed E-state index contributed by atoms with van der Waals surface area (Å²) in [6.45, 7) is 3.93. The van der Waals surface area contributed by atoms with Crippen LogP contribution in [0.2, 0.25) is 0 Å². The average Bonchev–Trinajstić information content (AvgIpc) is 2.74. The molecule has 0 atom stereocenters. The minimum absolute atomic E-state index is 0.567. The molecule has 0 spiro atoms. The summed E-state index contributed by atoms with van der Waals surface area (Å²) in [4.78, 5) is 2.84. The largest absolute Gasteiger partial charge is 0.393 e. The number of rotatable bonds is 5. The third-order valence-corrected chi connectivity index (χ3v) is 3.81. The number of nitrogens with two attached hydrogens (primary N) is 1. The lowest BCUT2D eigenvalue weighted by atomic mass is 10.2. The minimum atomic E-state index is 0.567. The molecule has 0 aliphatic rings. The number of thiocarbonyl (C=S) groups is 1. The summed E-state index contributed by atoms with van der Waals surface area (Å²) in [5, 5.41) is 2.42. The van der Waals surface area contributed by atoms with Crippen molar-refractivity contribution in [1.29, 1.82) is 0 Å². The van der Waals surface area contributed by atoms with Gasteiger partial charge in [0.05, 0.1) is 10.5 Å². The fraction of sp³-hybridized carbons (Fsp3) is 0.333. The van der Waals surface area contributed by atoms with Gasteiger partial charge in [-0.3, -0.25) is 0 Å². The second kappa shape index (κ2) is 5.42. The highest BCUT2D eigenvalue weighted by atomic mass is 32.1. The van der Waals surface area contributed by atoms with E-state index in [0.29, 0.717) is 4.99 Å². The molecule has 17 heavy (non-hydrogen) atoms. The summed E-state index contributed by atoms with van der Waals surface area (Å²) >= 11 is 6.46. The van der Waals surface area contributed by atoms with Crippen molar-refractivity contribution in [3.8, 4) is 0 Å². The van der Waals surface area contributed by atoms with Crippen LogP contribution in [0.15, 0.2) is 24.3 Å². The quantitative estimate of drug-likeness (QED) is 0.844. The van der Waals surface area contributed by atoms with Crippen LogP contribution in [0, 0.1) is 0 Å². The van der Waals surface area contributed by atoms with E-state index in [0.717, 1.165) is 25.0 Å². The molecule has 5 heteroatoms. The van der Waals surface area contributed by atoms with Crippen LogP contribution < -0.4 is 10.6 Å². The van der Waals surface area contributed by atoms with Gasteiger partial charge >= 0.3 is 0 Å². The highest BCUT2D eigenvalue weighted by Crippen LogP contribution is 2.30. The standard InChI is InChI=1S/C12H15N3S2/c1-2-15(8-7-11(13)16)12-9-5-3-4-6-10(9)14-17-12/h3-6H,2,7-8H2,1H3,(H2,13,16). The van der Waals surface area contributed by atoms with E-state index in [1.54, 1.807) is 0 Å². The number of fused-ring (bicyclic) bond motifs is 1. The van der Waals surface area contributed by atoms with Crippen LogP contribution in [0.1, 0.15) is 13.3 Å². The summed E-state index contributed by atoms with van der Waals surface area (Å²) in [7, 11) is 0. The van der Waals surface area contributed by atoms with Gasteiger partial charge in [0.2, 0.25) is 0 Å². The maximum Gasteiger partial charge on any atom is 0.119 e. The van der Waals surface area contributed by atoms with E-state index in [2.05, 4.69) is 22.3 Å². The van der Waals surface area contributed by atoms with Gasteiger partial charge in [-0.2, -0.15) is 4.37 Å². The molecule has 1 aromatic carbocycles. The Morgan fingerprint density at radius 1 is 1.47 bits per heavy atom. The summed E-state index contributed by atoms with van der Waals surface area (Å²) in [5.41, 5.74) is 6.61. The summed E-state index contributed by atoms with van der Waals surface area (Å²) in [6.07, 6.45) is 0.745. The van der Waals surface area contributed by atoms with Crippen LogP contribution in [-0.2, 0) is 0 Å². The van der Waals surface area contributed by atoms with Crippen LogP contribution in [0.5, 0.6) is 0 Å². The Kier molecular flexibility index (Phi) is 3.91. The van der Waals surface area contributed by atoms with Crippen molar-refractivity contribution in [3.05, 3.63) is 24.3 Å². The number of hydrogen-bond acceptors (Lipinski definition) is 4. The molecule has 0 amide bonds. The lowest BCUT2D eigenvalue weighted by Gasteiger charge is -2.20. The highest BCUT2D eigenvalue weighted by molar-refractivity contribution is 7.80. The number of benzene rings is 1. The van der Waals surface area contributed by atoms with Gasteiger partial charge < -0.3 is 10.6 Å². The van der Waals surface area contributed by atoms with E-state index in [1.807, 2.05) is 18.2 Å². The minimum Gasteiger partial charge on any atom is -0.393 e. The maximum atomic E-state index is 5.55. The van der Waals surface area contributed by atoms with Crippen LogP contribution in [0.4, 0.5) is 5.00 Å². The van der Waals surface area contributed by atoms with Gasteiger partial charge in [0.15, 0.2) is 0 Å². The molecule has 0 unspecified atom stereocenters. The fourth-order valence-corrected chi connectivity index (χ4v) is 2.79. The molecular formula is C12H15N3S2. The zero-order valence-electron chi connectivity index (χ0n) is 9.72. The monoisotopic (exact) mass is 265 g/mol. The lowest BCUT2D eigenvalue weighted by molar-refractivity contribution is 0.849. The lowest BCUT2D eigenvalue weighted by Crippen LogP contribution is -2.26. The van der Waals surface area contributed by atoms with E-state index < -0.39 is 0 Å². The number of anilines is 1.